The first kappa shape index (κ1) is 9.56. The van der Waals surface area contributed by atoms with Gasteiger partial charge < -0.3 is 5.43 Å². The third kappa shape index (κ3) is 3.14. The molecule has 0 fully saturated rings. The fourth-order valence-electron chi connectivity index (χ4n) is 0.778. The largest absolute Gasteiger partial charge is 0.320 e. The summed E-state index contributed by atoms with van der Waals surface area (Å²) < 4.78 is 0. The van der Waals surface area contributed by atoms with Crippen molar-refractivity contribution in [1.82, 2.24) is 5.43 Å². The van der Waals surface area contributed by atoms with Crippen LogP contribution in [0.5, 0.6) is 0 Å². The number of para-hydroxylation sites is 1. The molecule has 0 amide bonds. The van der Waals surface area contributed by atoms with Crippen LogP contribution in [0.4, 0.5) is 5.69 Å². The Kier molecular flexibility index (Phi) is 2.88. The quantitative estimate of drug-likeness (QED) is 0.690. The summed E-state index contributed by atoms with van der Waals surface area (Å²) in [5, 5.41) is 8.72. The lowest BCUT2D eigenvalue weighted by Gasteiger charge is -2.18. The van der Waals surface area contributed by atoms with E-state index in [1.54, 1.807) is 0 Å². The van der Waals surface area contributed by atoms with E-state index in [-0.39, 0.29) is 0 Å². The van der Waals surface area contributed by atoms with Crippen LogP contribution in [0.15, 0.2) is 30.3 Å². The third-order valence-corrected chi connectivity index (χ3v) is 1.57. The molecule has 2 N–H and O–H groups in total. The van der Waals surface area contributed by atoms with Gasteiger partial charge in [-0.25, -0.2) is 5.43 Å². The molecule has 0 aromatic heterocycles. The Morgan fingerprint density at radius 2 is 1.85 bits per heavy atom. The highest BCUT2D eigenvalue weighted by atomic mass is 15.4. The predicted molar refractivity (Wildman–Crippen MR) is 52.9 cm³/mol. The second-order valence-electron chi connectivity index (χ2n) is 3.35. The van der Waals surface area contributed by atoms with Crippen molar-refractivity contribution in [3.8, 4) is 6.07 Å². The minimum Gasteiger partial charge on any atom is -0.320 e. The zero-order valence-corrected chi connectivity index (χ0v) is 7.83. The Labute approximate surface area is 78.4 Å². The van der Waals surface area contributed by atoms with Crippen molar-refractivity contribution in [2.75, 3.05) is 5.43 Å². The summed E-state index contributed by atoms with van der Waals surface area (Å²) in [6.07, 6.45) is 0. The van der Waals surface area contributed by atoms with E-state index < -0.39 is 5.54 Å². The van der Waals surface area contributed by atoms with Gasteiger partial charge in [-0.3, -0.25) is 0 Å². The number of hydrazine groups is 1. The van der Waals surface area contributed by atoms with Gasteiger partial charge >= 0.3 is 0 Å². The van der Waals surface area contributed by atoms with Gasteiger partial charge in [-0.1, -0.05) is 18.2 Å². The van der Waals surface area contributed by atoms with E-state index in [1.807, 2.05) is 44.2 Å². The molecule has 13 heavy (non-hydrogen) atoms. The average Bonchev–Trinajstić information content (AvgIpc) is 2.17. The zero-order valence-electron chi connectivity index (χ0n) is 7.83. The van der Waals surface area contributed by atoms with E-state index >= 15 is 0 Å². The van der Waals surface area contributed by atoms with Gasteiger partial charge in [-0.05, 0) is 26.0 Å². The molecule has 1 rings (SSSR count). The van der Waals surface area contributed by atoms with E-state index in [1.165, 1.54) is 0 Å². The van der Waals surface area contributed by atoms with Crippen molar-refractivity contribution in [1.29, 1.82) is 5.26 Å². The minimum atomic E-state index is -0.560. The van der Waals surface area contributed by atoms with Gasteiger partial charge in [0.05, 0.1) is 6.07 Å². The summed E-state index contributed by atoms with van der Waals surface area (Å²) in [7, 11) is 0. The number of benzene rings is 1. The Bertz CT molecular complexity index is 298. The number of nitrogens with one attached hydrogen (secondary N) is 2. The molecule has 0 radical (unpaired) electrons. The van der Waals surface area contributed by atoms with Gasteiger partial charge in [-0.2, -0.15) is 5.26 Å². The van der Waals surface area contributed by atoms with Crippen molar-refractivity contribution < 1.29 is 0 Å². The van der Waals surface area contributed by atoms with Crippen LogP contribution in [0.2, 0.25) is 0 Å². The lowest BCUT2D eigenvalue weighted by Crippen LogP contribution is -2.41. The lowest BCUT2D eigenvalue weighted by molar-refractivity contribution is 0.536. The van der Waals surface area contributed by atoms with Gasteiger partial charge in [0.1, 0.15) is 5.54 Å². The van der Waals surface area contributed by atoms with E-state index in [9.17, 15) is 0 Å². The van der Waals surface area contributed by atoms with Gasteiger partial charge in [0.15, 0.2) is 0 Å². The number of rotatable bonds is 3. The Balaban J connectivity index is 2.50. The maximum atomic E-state index is 8.72. The van der Waals surface area contributed by atoms with Crippen LogP contribution in [0.3, 0.4) is 0 Å². The van der Waals surface area contributed by atoms with E-state index in [2.05, 4.69) is 16.9 Å². The molecule has 3 nitrogen and oxygen atoms in total. The molecule has 1 aromatic rings. The van der Waals surface area contributed by atoms with Gasteiger partial charge in [0, 0.05) is 5.69 Å². The molecular formula is C10H13N3. The molecule has 0 atom stereocenters. The molecule has 0 spiro atoms. The molecule has 0 aliphatic rings. The number of anilines is 1. The van der Waals surface area contributed by atoms with E-state index in [0.717, 1.165) is 5.69 Å². The normalized spacial score (nSPS) is 10.5. The fraction of sp³-hybridized carbons (Fsp3) is 0.300. The predicted octanol–water partition coefficient (Wildman–Crippen LogP) is 1.91. The molecule has 0 heterocycles. The van der Waals surface area contributed by atoms with Crippen LogP contribution in [0, 0.1) is 11.3 Å². The van der Waals surface area contributed by atoms with Crippen molar-refractivity contribution in [2.45, 2.75) is 19.4 Å². The number of nitriles is 1. The average molecular weight is 175 g/mol. The molecule has 0 unspecified atom stereocenters. The Morgan fingerprint density at radius 1 is 1.23 bits per heavy atom. The first-order valence-electron chi connectivity index (χ1n) is 4.13. The second-order valence-corrected chi connectivity index (χ2v) is 3.35. The zero-order chi connectivity index (χ0) is 9.73. The first-order chi connectivity index (χ1) is 6.14. The monoisotopic (exact) mass is 175 g/mol. The van der Waals surface area contributed by atoms with E-state index in [0.29, 0.717) is 0 Å². The van der Waals surface area contributed by atoms with Crippen molar-refractivity contribution >= 4 is 5.69 Å². The van der Waals surface area contributed by atoms with Gasteiger partial charge in [-0.15, -0.1) is 0 Å². The first-order valence-corrected chi connectivity index (χ1v) is 4.13. The summed E-state index contributed by atoms with van der Waals surface area (Å²) in [4.78, 5) is 0. The SMILES string of the molecule is CC(C)(C#N)NNc1ccccc1. The smallest absolute Gasteiger partial charge is 0.118 e. The summed E-state index contributed by atoms with van der Waals surface area (Å²) in [5.41, 5.74) is 6.27. The highest BCUT2D eigenvalue weighted by Gasteiger charge is 2.14. The van der Waals surface area contributed by atoms with Crippen molar-refractivity contribution in [3.05, 3.63) is 30.3 Å². The molecule has 3 heteroatoms. The van der Waals surface area contributed by atoms with Crippen molar-refractivity contribution in [3.63, 3.8) is 0 Å². The van der Waals surface area contributed by atoms with Gasteiger partial charge in [0.25, 0.3) is 0 Å². The van der Waals surface area contributed by atoms with Gasteiger partial charge in [0.2, 0.25) is 0 Å². The molecule has 0 saturated heterocycles. The summed E-state index contributed by atoms with van der Waals surface area (Å²) in [6.45, 7) is 3.62. The highest BCUT2D eigenvalue weighted by molar-refractivity contribution is 5.41. The Hall–Kier alpha value is -1.53. The summed E-state index contributed by atoms with van der Waals surface area (Å²) >= 11 is 0. The fourth-order valence-corrected chi connectivity index (χ4v) is 0.778. The van der Waals surface area contributed by atoms with Crippen molar-refractivity contribution in [2.24, 2.45) is 0 Å². The summed E-state index contributed by atoms with van der Waals surface area (Å²) in [5.74, 6) is 0. The number of hydrogen-bond acceptors (Lipinski definition) is 3. The molecule has 0 saturated carbocycles. The molecule has 68 valence electrons. The molecule has 0 aliphatic heterocycles. The maximum Gasteiger partial charge on any atom is 0.118 e. The summed E-state index contributed by atoms with van der Waals surface area (Å²) in [6, 6.07) is 11.8. The third-order valence-electron chi connectivity index (χ3n) is 1.57. The van der Waals surface area contributed by atoms with Crippen LogP contribution < -0.4 is 10.9 Å². The molecule has 1 aromatic carbocycles. The molecule has 0 aliphatic carbocycles. The van der Waals surface area contributed by atoms with Crippen LogP contribution in [-0.4, -0.2) is 5.54 Å². The van der Waals surface area contributed by atoms with E-state index in [4.69, 9.17) is 5.26 Å². The topological polar surface area (TPSA) is 47.9 Å². The molecular weight excluding hydrogens is 162 g/mol. The lowest BCUT2D eigenvalue weighted by atomic mass is 10.1. The Morgan fingerprint density at radius 3 is 2.38 bits per heavy atom. The highest BCUT2D eigenvalue weighted by Crippen LogP contribution is 2.05. The molecule has 0 bridgehead atoms. The van der Waals surface area contributed by atoms with Crippen LogP contribution in [-0.2, 0) is 0 Å². The second kappa shape index (κ2) is 3.92. The number of nitrogens with zero attached hydrogens (tertiary/aromatic N) is 1. The number of hydrogen-bond donors (Lipinski definition) is 2. The minimum absolute atomic E-state index is 0.560. The standard InChI is InChI=1S/C10H13N3/c1-10(2,8-11)13-12-9-6-4-3-5-7-9/h3-7,12-13H,1-2H3. The maximum absolute atomic E-state index is 8.72. The van der Waals surface area contributed by atoms with Crippen LogP contribution in [0.1, 0.15) is 13.8 Å². The van der Waals surface area contributed by atoms with Crippen LogP contribution >= 0.6 is 0 Å². The van der Waals surface area contributed by atoms with Crippen LogP contribution in [0.25, 0.3) is 0 Å².